The van der Waals surface area contributed by atoms with Gasteiger partial charge in [0.25, 0.3) is 0 Å². The number of amidine groups is 1. The summed E-state index contributed by atoms with van der Waals surface area (Å²) >= 11 is 7.52. The van der Waals surface area contributed by atoms with E-state index in [0.29, 0.717) is 27.3 Å². The summed E-state index contributed by atoms with van der Waals surface area (Å²) in [5, 5.41) is 2.36. The number of nitrogens with two attached hydrogens (primary N) is 2. The van der Waals surface area contributed by atoms with E-state index in [1.807, 2.05) is 24.2 Å². The van der Waals surface area contributed by atoms with Crippen molar-refractivity contribution in [1.29, 1.82) is 0 Å². The van der Waals surface area contributed by atoms with E-state index in [9.17, 15) is 8.78 Å². The first-order valence-corrected chi connectivity index (χ1v) is 10.7. The molecule has 3 rings (SSSR count). The second-order valence-corrected chi connectivity index (χ2v) is 8.42. The van der Waals surface area contributed by atoms with Gasteiger partial charge in [0.2, 0.25) is 0 Å². The number of nitrogens with one attached hydrogen (secondary N) is 1. The van der Waals surface area contributed by atoms with Crippen LogP contribution in [0.25, 0.3) is 0 Å². The number of aliphatic imine (C=N–C) groups is 1. The molecule has 5 N–H and O–H groups in total. The zero-order chi connectivity index (χ0) is 21.8. The van der Waals surface area contributed by atoms with Gasteiger partial charge in [-0.15, -0.1) is 0 Å². The molecule has 0 saturated heterocycles. The molecule has 0 aliphatic carbocycles. The van der Waals surface area contributed by atoms with Gasteiger partial charge in [-0.25, -0.2) is 8.78 Å². The molecule has 2 aliphatic rings. The van der Waals surface area contributed by atoms with Crippen LogP contribution in [-0.2, 0) is 11.2 Å². The second-order valence-electron chi connectivity index (χ2n) is 6.88. The van der Waals surface area contributed by atoms with E-state index in [-0.39, 0.29) is 18.8 Å². The van der Waals surface area contributed by atoms with Crippen LogP contribution in [0.2, 0.25) is 0 Å². The average molecular weight is 545 g/mol. The van der Waals surface area contributed by atoms with Crippen LogP contribution in [0, 0.1) is 11.6 Å². The molecule has 30 heavy (non-hydrogen) atoms. The Morgan fingerprint density at radius 3 is 2.77 bits per heavy atom. The molecule has 0 spiro atoms. The maximum Gasteiger partial charge on any atom is 0.193 e. The first-order valence-electron chi connectivity index (χ1n) is 9.26. The van der Waals surface area contributed by atoms with Crippen molar-refractivity contribution in [1.82, 2.24) is 10.4 Å². The average Bonchev–Trinajstić information content (AvgIpc) is 2.96. The maximum atomic E-state index is 13.5. The molecule has 0 amide bonds. The van der Waals surface area contributed by atoms with Crippen molar-refractivity contribution >= 4 is 45.7 Å². The van der Waals surface area contributed by atoms with Crippen LogP contribution >= 0.6 is 34.8 Å². The number of halogens is 3. The summed E-state index contributed by atoms with van der Waals surface area (Å²) < 4.78 is 33.2. The molecule has 0 saturated carbocycles. The lowest BCUT2D eigenvalue weighted by Crippen LogP contribution is -2.31. The molecule has 1 unspecified atom stereocenters. The minimum atomic E-state index is -0.638. The van der Waals surface area contributed by atoms with Gasteiger partial charge in [0.1, 0.15) is 24.1 Å². The number of rotatable bonds is 6. The maximum absolute atomic E-state index is 13.5. The van der Waals surface area contributed by atoms with Crippen molar-refractivity contribution in [3.05, 3.63) is 68.1 Å². The Labute approximate surface area is 192 Å². The van der Waals surface area contributed by atoms with Gasteiger partial charge in [0.15, 0.2) is 5.05 Å². The molecule has 0 bridgehead atoms. The third kappa shape index (κ3) is 5.35. The predicted molar refractivity (Wildman–Crippen MR) is 126 cm³/mol. The molecule has 0 aromatic heterocycles. The van der Waals surface area contributed by atoms with Crippen molar-refractivity contribution in [2.24, 2.45) is 16.5 Å². The van der Waals surface area contributed by atoms with Gasteiger partial charge in [0, 0.05) is 18.8 Å². The number of hydrazine groups is 1. The molecular weight excluding hydrogens is 523 g/mol. The topological polar surface area (TPSA) is 88.9 Å². The Balaban J connectivity index is 1.86. The second kappa shape index (κ2) is 9.84. The highest BCUT2D eigenvalue weighted by atomic mass is 127. The van der Waals surface area contributed by atoms with Crippen LogP contribution in [0.1, 0.15) is 12.5 Å². The summed E-state index contributed by atoms with van der Waals surface area (Å²) in [4.78, 5) is 4.47. The molecule has 2 heterocycles. The summed E-state index contributed by atoms with van der Waals surface area (Å²) in [6.07, 6.45) is 4.00. The molecular formula is C20H22F2IN5OS. The van der Waals surface area contributed by atoms with Gasteiger partial charge in [-0.2, -0.15) is 0 Å². The summed E-state index contributed by atoms with van der Waals surface area (Å²) in [5.74, 6) is -1.01. The van der Waals surface area contributed by atoms with Crippen LogP contribution in [0.4, 0.5) is 8.78 Å². The minimum Gasteiger partial charge on any atom is -0.481 e. The van der Waals surface area contributed by atoms with Crippen LogP contribution in [0.3, 0.4) is 0 Å². The smallest absolute Gasteiger partial charge is 0.193 e. The van der Waals surface area contributed by atoms with E-state index in [1.54, 1.807) is 0 Å². The fourth-order valence-electron chi connectivity index (χ4n) is 3.23. The fourth-order valence-corrected chi connectivity index (χ4v) is 3.92. The number of ether oxygens (including phenoxy) is 1. The molecule has 10 heteroatoms. The highest BCUT2D eigenvalue weighted by Gasteiger charge is 2.26. The Morgan fingerprint density at radius 1 is 1.40 bits per heavy atom. The number of nitrogens with zero attached hydrogens (tertiary/aromatic N) is 2. The van der Waals surface area contributed by atoms with Gasteiger partial charge in [-0.05, 0) is 77.5 Å². The monoisotopic (exact) mass is 545 g/mol. The third-order valence-electron chi connectivity index (χ3n) is 4.61. The molecule has 1 aromatic rings. The van der Waals surface area contributed by atoms with Crippen molar-refractivity contribution in [3.8, 4) is 0 Å². The summed E-state index contributed by atoms with van der Waals surface area (Å²) in [6, 6.07) is 2.94. The first kappa shape index (κ1) is 22.6. The van der Waals surface area contributed by atoms with Crippen LogP contribution < -0.4 is 16.9 Å². The van der Waals surface area contributed by atoms with E-state index < -0.39 is 17.7 Å². The van der Waals surface area contributed by atoms with Crippen molar-refractivity contribution < 1.29 is 13.5 Å². The normalized spacial score (nSPS) is 18.5. The zero-order valence-corrected chi connectivity index (χ0v) is 19.3. The van der Waals surface area contributed by atoms with E-state index >= 15 is 0 Å². The Bertz CT molecular complexity index is 956. The lowest BCUT2D eigenvalue weighted by molar-refractivity contribution is 0.233. The van der Waals surface area contributed by atoms with Crippen molar-refractivity contribution in [2.75, 3.05) is 19.7 Å². The van der Waals surface area contributed by atoms with E-state index in [4.69, 9.17) is 28.4 Å². The number of hydrogen-bond donors (Lipinski definition) is 3. The zero-order valence-electron chi connectivity index (χ0n) is 16.3. The standard InChI is InChI=1S/C20H22F2IN5OS/c1-11-10-26-28-2-3-29-20(30)16(18(11)28)8-17(23)19(25)27-15(9-24)6-12-4-13(21)7-14(22)5-12/h4-5,7-8,10,15,26H,2-3,6,9,24H2,1H3,(H2,25,27)/b17-8-. The summed E-state index contributed by atoms with van der Waals surface area (Å²) in [5.41, 5.74) is 18.4. The Kier molecular flexibility index (Phi) is 7.42. The van der Waals surface area contributed by atoms with Gasteiger partial charge in [0.05, 0.1) is 27.4 Å². The molecule has 1 atom stereocenters. The third-order valence-corrected chi connectivity index (χ3v) is 5.81. The van der Waals surface area contributed by atoms with Crippen LogP contribution in [0.15, 0.2) is 55.9 Å². The molecule has 6 nitrogen and oxygen atoms in total. The minimum absolute atomic E-state index is 0.178. The summed E-state index contributed by atoms with van der Waals surface area (Å²) in [7, 11) is 0. The molecule has 0 radical (unpaired) electrons. The van der Waals surface area contributed by atoms with Crippen LogP contribution in [-0.4, -0.2) is 41.6 Å². The number of benzene rings is 1. The van der Waals surface area contributed by atoms with E-state index in [2.05, 4.69) is 33.0 Å². The molecule has 1 aromatic carbocycles. The lowest BCUT2D eigenvalue weighted by atomic mass is 10.1. The van der Waals surface area contributed by atoms with Crippen molar-refractivity contribution in [3.63, 3.8) is 0 Å². The number of thiocarbonyl (C=S) groups is 1. The fraction of sp³-hybridized carbons (Fsp3) is 0.300. The quantitative estimate of drug-likeness (QED) is 0.221. The SMILES string of the molecule is CC1=CNN2CCOC(=S)C(/C=C(\I)C(N)=NC(CN)Cc3cc(F)cc(F)c3)=C12. The van der Waals surface area contributed by atoms with Gasteiger partial charge in [-0.3, -0.25) is 10.0 Å². The van der Waals surface area contributed by atoms with E-state index in [1.165, 1.54) is 12.1 Å². The highest BCUT2D eigenvalue weighted by Crippen LogP contribution is 2.28. The largest absolute Gasteiger partial charge is 0.481 e. The molecule has 2 aliphatic heterocycles. The van der Waals surface area contributed by atoms with Gasteiger partial charge < -0.3 is 21.6 Å². The molecule has 0 fully saturated rings. The van der Waals surface area contributed by atoms with Crippen LogP contribution in [0.5, 0.6) is 0 Å². The lowest BCUT2D eigenvalue weighted by Gasteiger charge is -2.19. The van der Waals surface area contributed by atoms with E-state index in [0.717, 1.165) is 22.9 Å². The number of hydrogen-bond acceptors (Lipinski definition) is 6. The predicted octanol–water partition coefficient (Wildman–Crippen LogP) is 2.85. The van der Waals surface area contributed by atoms with Gasteiger partial charge >= 0.3 is 0 Å². The van der Waals surface area contributed by atoms with Crippen molar-refractivity contribution in [2.45, 2.75) is 19.4 Å². The molecule has 160 valence electrons. The Morgan fingerprint density at radius 2 is 2.10 bits per heavy atom. The van der Waals surface area contributed by atoms with Gasteiger partial charge in [-0.1, -0.05) is 0 Å². The highest BCUT2D eigenvalue weighted by molar-refractivity contribution is 14.1. The summed E-state index contributed by atoms with van der Waals surface area (Å²) in [6.45, 7) is 3.28. The number of allylic oxidation sites excluding steroid dienone is 1. The first-order chi connectivity index (χ1) is 14.3. The Hall–Kier alpha value is -2.05. The number of fused-ring (bicyclic) bond motifs is 1.